The van der Waals surface area contributed by atoms with Crippen molar-refractivity contribution in [2.45, 2.75) is 13.2 Å². The average molecular weight is 341 g/mol. The van der Waals surface area contributed by atoms with E-state index >= 15 is 0 Å². The molecule has 0 atom stereocenters. The number of hydrogen-bond acceptors (Lipinski definition) is 5. The second-order valence-corrected chi connectivity index (χ2v) is 5.98. The Hall–Kier alpha value is -2.37. The second-order valence-electron chi connectivity index (χ2n) is 5.98. The highest BCUT2D eigenvalue weighted by atomic mass is 16.5. The molecule has 0 bridgehead atoms. The van der Waals surface area contributed by atoms with E-state index in [0.29, 0.717) is 12.2 Å². The van der Waals surface area contributed by atoms with E-state index in [1.54, 1.807) is 6.07 Å². The second kappa shape index (κ2) is 8.65. The van der Waals surface area contributed by atoms with Gasteiger partial charge in [-0.3, -0.25) is 4.90 Å². The molecule has 0 amide bonds. The maximum atomic E-state index is 11.9. The van der Waals surface area contributed by atoms with Crippen LogP contribution in [-0.2, 0) is 22.6 Å². The zero-order valence-electron chi connectivity index (χ0n) is 14.4. The van der Waals surface area contributed by atoms with Gasteiger partial charge in [-0.2, -0.15) is 0 Å². The summed E-state index contributed by atoms with van der Waals surface area (Å²) in [7, 11) is 1.39. The van der Waals surface area contributed by atoms with Gasteiger partial charge in [-0.15, -0.1) is 0 Å². The number of nitrogens with zero attached hydrogens (tertiary/aromatic N) is 1. The lowest BCUT2D eigenvalue weighted by Crippen LogP contribution is -2.35. The van der Waals surface area contributed by atoms with E-state index in [1.165, 1.54) is 7.11 Å². The molecule has 1 heterocycles. The van der Waals surface area contributed by atoms with Crippen LogP contribution in [0.15, 0.2) is 48.5 Å². The van der Waals surface area contributed by atoms with Gasteiger partial charge in [0.25, 0.3) is 0 Å². The zero-order chi connectivity index (χ0) is 17.5. The number of hydrogen-bond donors (Lipinski definition) is 0. The first-order valence-electron chi connectivity index (χ1n) is 8.44. The molecular formula is C20H23NO4. The SMILES string of the molecule is COC(=O)c1ccc(OCc2ccccc2)c(CN2CCOCC2)c1. The predicted molar refractivity (Wildman–Crippen MR) is 94.7 cm³/mol. The van der Waals surface area contributed by atoms with Gasteiger partial charge >= 0.3 is 5.97 Å². The fraction of sp³-hybridized carbons (Fsp3) is 0.350. The third kappa shape index (κ3) is 4.81. The fourth-order valence-corrected chi connectivity index (χ4v) is 2.82. The Bertz CT molecular complexity index is 696. The molecule has 1 saturated heterocycles. The number of carbonyl (C=O) groups is 1. The van der Waals surface area contributed by atoms with Crippen LogP contribution >= 0.6 is 0 Å². The molecule has 5 heteroatoms. The van der Waals surface area contributed by atoms with Crippen molar-refractivity contribution in [1.29, 1.82) is 0 Å². The van der Waals surface area contributed by atoms with Gasteiger partial charge in [0.1, 0.15) is 12.4 Å². The summed E-state index contributed by atoms with van der Waals surface area (Å²) >= 11 is 0. The molecule has 0 N–H and O–H groups in total. The quantitative estimate of drug-likeness (QED) is 0.756. The predicted octanol–water partition coefficient (Wildman–Crippen LogP) is 2.88. The topological polar surface area (TPSA) is 48.0 Å². The van der Waals surface area contributed by atoms with Crippen LogP contribution in [0.5, 0.6) is 5.75 Å². The van der Waals surface area contributed by atoms with Crippen LogP contribution in [0.25, 0.3) is 0 Å². The van der Waals surface area contributed by atoms with E-state index in [-0.39, 0.29) is 5.97 Å². The maximum Gasteiger partial charge on any atom is 0.337 e. The zero-order valence-corrected chi connectivity index (χ0v) is 14.4. The molecule has 0 saturated carbocycles. The van der Waals surface area contributed by atoms with Crippen molar-refractivity contribution in [3.8, 4) is 5.75 Å². The summed E-state index contributed by atoms with van der Waals surface area (Å²) < 4.78 is 16.3. The van der Waals surface area contributed by atoms with Crippen LogP contribution in [-0.4, -0.2) is 44.3 Å². The van der Waals surface area contributed by atoms with Crippen LogP contribution < -0.4 is 4.74 Å². The number of morpholine rings is 1. The number of ether oxygens (including phenoxy) is 3. The average Bonchev–Trinajstić information content (AvgIpc) is 2.68. The standard InChI is InChI=1S/C20H23NO4/c1-23-20(22)17-7-8-19(25-15-16-5-3-2-4-6-16)18(13-17)14-21-9-11-24-12-10-21/h2-8,13H,9-12,14-15H2,1H3. The third-order valence-corrected chi connectivity index (χ3v) is 4.22. The molecule has 25 heavy (non-hydrogen) atoms. The summed E-state index contributed by atoms with van der Waals surface area (Å²) in [5.41, 5.74) is 2.63. The first-order chi connectivity index (χ1) is 12.3. The third-order valence-electron chi connectivity index (χ3n) is 4.22. The van der Waals surface area contributed by atoms with E-state index in [9.17, 15) is 4.79 Å². The smallest absolute Gasteiger partial charge is 0.337 e. The van der Waals surface area contributed by atoms with Crippen molar-refractivity contribution in [3.05, 3.63) is 65.2 Å². The normalized spacial score (nSPS) is 14.9. The highest BCUT2D eigenvalue weighted by Gasteiger charge is 2.16. The molecule has 1 fully saturated rings. The molecule has 3 rings (SSSR count). The summed E-state index contributed by atoms with van der Waals surface area (Å²) in [5, 5.41) is 0. The number of rotatable bonds is 6. The van der Waals surface area contributed by atoms with E-state index in [2.05, 4.69) is 4.90 Å². The molecule has 0 unspecified atom stereocenters. The van der Waals surface area contributed by atoms with Crippen molar-refractivity contribution in [3.63, 3.8) is 0 Å². The Morgan fingerprint density at radius 1 is 1.12 bits per heavy atom. The molecule has 0 aromatic heterocycles. The summed E-state index contributed by atoms with van der Waals surface area (Å²) in [4.78, 5) is 14.2. The molecule has 5 nitrogen and oxygen atoms in total. The Balaban J connectivity index is 1.78. The van der Waals surface area contributed by atoms with Gasteiger partial charge in [0.2, 0.25) is 0 Å². The summed E-state index contributed by atoms with van der Waals surface area (Å²) in [6.45, 7) is 4.43. The van der Waals surface area contributed by atoms with Gasteiger partial charge in [-0.1, -0.05) is 30.3 Å². The van der Waals surface area contributed by atoms with Gasteiger partial charge in [0.15, 0.2) is 0 Å². The minimum Gasteiger partial charge on any atom is -0.489 e. The number of esters is 1. The van der Waals surface area contributed by atoms with Crippen LogP contribution in [0.4, 0.5) is 0 Å². The molecule has 1 aliphatic heterocycles. The van der Waals surface area contributed by atoms with Gasteiger partial charge in [-0.25, -0.2) is 4.79 Å². The Morgan fingerprint density at radius 2 is 1.88 bits per heavy atom. The summed E-state index contributed by atoms with van der Waals surface area (Å²) in [5.74, 6) is 0.459. The van der Waals surface area contributed by atoms with Crippen molar-refractivity contribution in [2.24, 2.45) is 0 Å². The van der Waals surface area contributed by atoms with Gasteiger partial charge in [-0.05, 0) is 23.8 Å². The Morgan fingerprint density at radius 3 is 2.60 bits per heavy atom. The largest absolute Gasteiger partial charge is 0.489 e. The maximum absolute atomic E-state index is 11.9. The van der Waals surface area contributed by atoms with Gasteiger partial charge in [0, 0.05) is 25.2 Å². The molecule has 0 radical (unpaired) electrons. The van der Waals surface area contributed by atoms with Crippen molar-refractivity contribution < 1.29 is 19.0 Å². The van der Waals surface area contributed by atoms with Crippen molar-refractivity contribution in [2.75, 3.05) is 33.4 Å². The van der Waals surface area contributed by atoms with Crippen molar-refractivity contribution in [1.82, 2.24) is 4.90 Å². The minimum absolute atomic E-state index is 0.335. The summed E-state index contributed by atoms with van der Waals surface area (Å²) in [6.07, 6.45) is 0. The number of carbonyl (C=O) groups excluding carboxylic acids is 1. The fourth-order valence-electron chi connectivity index (χ4n) is 2.82. The Kier molecular flexibility index (Phi) is 6.04. The van der Waals surface area contributed by atoms with Gasteiger partial charge < -0.3 is 14.2 Å². The highest BCUT2D eigenvalue weighted by Crippen LogP contribution is 2.24. The molecule has 132 valence electrons. The lowest BCUT2D eigenvalue weighted by Gasteiger charge is -2.27. The minimum atomic E-state index is -0.335. The molecule has 0 aliphatic carbocycles. The Labute approximate surface area is 148 Å². The lowest BCUT2D eigenvalue weighted by atomic mass is 10.1. The molecule has 2 aromatic rings. The van der Waals surface area contributed by atoms with Crippen LogP contribution in [0, 0.1) is 0 Å². The molecule has 1 aliphatic rings. The molecule has 0 spiro atoms. The van der Waals surface area contributed by atoms with E-state index < -0.39 is 0 Å². The van der Waals surface area contributed by atoms with Crippen molar-refractivity contribution >= 4 is 5.97 Å². The van der Waals surface area contributed by atoms with Crippen LogP contribution in [0.1, 0.15) is 21.5 Å². The highest BCUT2D eigenvalue weighted by molar-refractivity contribution is 5.89. The van der Waals surface area contributed by atoms with E-state index in [0.717, 1.165) is 49.7 Å². The van der Waals surface area contributed by atoms with Crippen LogP contribution in [0.2, 0.25) is 0 Å². The first-order valence-corrected chi connectivity index (χ1v) is 8.44. The van der Waals surface area contributed by atoms with Gasteiger partial charge in [0.05, 0.1) is 25.9 Å². The first kappa shape index (κ1) is 17.5. The number of methoxy groups -OCH3 is 1. The molecular weight excluding hydrogens is 318 g/mol. The number of benzene rings is 2. The lowest BCUT2D eigenvalue weighted by molar-refractivity contribution is 0.0337. The molecule has 2 aromatic carbocycles. The van der Waals surface area contributed by atoms with E-state index in [1.807, 2.05) is 42.5 Å². The van der Waals surface area contributed by atoms with E-state index in [4.69, 9.17) is 14.2 Å². The summed E-state index contributed by atoms with van der Waals surface area (Å²) in [6, 6.07) is 15.5. The van der Waals surface area contributed by atoms with Crippen LogP contribution in [0.3, 0.4) is 0 Å². The monoisotopic (exact) mass is 341 g/mol.